The molecule has 0 aromatic carbocycles. The van der Waals surface area contributed by atoms with Gasteiger partial charge in [0.2, 0.25) is 0 Å². The summed E-state index contributed by atoms with van der Waals surface area (Å²) >= 11 is 1.89. The predicted molar refractivity (Wildman–Crippen MR) is 70.9 cm³/mol. The lowest BCUT2D eigenvalue weighted by molar-refractivity contribution is 0.404. The first-order valence-corrected chi connectivity index (χ1v) is 7.00. The van der Waals surface area contributed by atoms with Gasteiger partial charge in [-0.2, -0.15) is 5.10 Å². The Labute approximate surface area is 103 Å². The lowest BCUT2D eigenvalue weighted by Crippen LogP contribution is -2.36. The summed E-state index contributed by atoms with van der Waals surface area (Å²) in [7, 11) is 1.96. The van der Waals surface area contributed by atoms with Crippen LogP contribution in [0.1, 0.15) is 27.2 Å². The number of hydrogen-bond acceptors (Lipinski definition) is 3. The van der Waals surface area contributed by atoms with E-state index in [2.05, 4.69) is 37.4 Å². The largest absolute Gasteiger partial charge is 0.313 e. The van der Waals surface area contributed by atoms with Crippen LogP contribution >= 0.6 is 11.8 Å². The van der Waals surface area contributed by atoms with Crippen LogP contribution in [0.15, 0.2) is 17.3 Å². The quantitative estimate of drug-likeness (QED) is 0.744. The number of rotatable bonds is 7. The van der Waals surface area contributed by atoms with E-state index in [0.717, 1.165) is 18.2 Å². The summed E-state index contributed by atoms with van der Waals surface area (Å²) in [6, 6.07) is 0.597. The summed E-state index contributed by atoms with van der Waals surface area (Å²) in [5, 5.41) is 7.74. The van der Waals surface area contributed by atoms with E-state index < -0.39 is 0 Å². The van der Waals surface area contributed by atoms with Crippen LogP contribution in [0.5, 0.6) is 0 Å². The Hall–Kier alpha value is -0.480. The fraction of sp³-hybridized carbons (Fsp3) is 0.750. The zero-order valence-corrected chi connectivity index (χ0v) is 11.5. The van der Waals surface area contributed by atoms with Crippen LogP contribution in [-0.2, 0) is 7.05 Å². The Kier molecular flexibility index (Phi) is 5.91. The Morgan fingerprint density at radius 2 is 2.25 bits per heavy atom. The molecule has 0 spiro atoms. The van der Waals surface area contributed by atoms with Gasteiger partial charge in [-0.05, 0) is 12.5 Å². The van der Waals surface area contributed by atoms with Gasteiger partial charge in [-0.25, -0.2) is 0 Å². The average molecular weight is 241 g/mol. The monoisotopic (exact) mass is 241 g/mol. The summed E-state index contributed by atoms with van der Waals surface area (Å²) in [6.45, 7) is 7.79. The summed E-state index contributed by atoms with van der Waals surface area (Å²) in [6.07, 6.45) is 5.24. The van der Waals surface area contributed by atoms with Gasteiger partial charge in [0.05, 0.1) is 6.20 Å². The maximum atomic E-state index is 4.18. The van der Waals surface area contributed by atoms with Gasteiger partial charge in [-0.1, -0.05) is 27.2 Å². The molecule has 0 bridgehead atoms. The maximum Gasteiger partial charge on any atom is 0.0625 e. The molecule has 1 rings (SSSR count). The highest BCUT2D eigenvalue weighted by Gasteiger charge is 2.14. The molecule has 0 radical (unpaired) electrons. The molecule has 92 valence electrons. The fourth-order valence-corrected chi connectivity index (χ4v) is 2.80. The number of nitrogens with zero attached hydrogens (tertiary/aromatic N) is 2. The van der Waals surface area contributed by atoms with Crippen LogP contribution in [0, 0.1) is 5.92 Å². The molecule has 0 aliphatic rings. The molecule has 1 aromatic rings. The van der Waals surface area contributed by atoms with E-state index in [4.69, 9.17) is 0 Å². The van der Waals surface area contributed by atoms with E-state index in [1.807, 2.05) is 29.7 Å². The summed E-state index contributed by atoms with van der Waals surface area (Å²) in [5.74, 6) is 1.85. The lowest BCUT2D eigenvalue weighted by Gasteiger charge is -2.23. The molecule has 2 atom stereocenters. The highest BCUT2D eigenvalue weighted by atomic mass is 32.2. The topological polar surface area (TPSA) is 29.9 Å². The third-order valence-corrected chi connectivity index (χ3v) is 3.98. The van der Waals surface area contributed by atoms with Gasteiger partial charge in [-0.15, -0.1) is 11.8 Å². The van der Waals surface area contributed by atoms with Crippen LogP contribution < -0.4 is 5.32 Å². The number of hydrogen-bond donors (Lipinski definition) is 1. The van der Waals surface area contributed by atoms with Crippen molar-refractivity contribution in [3.8, 4) is 0 Å². The predicted octanol–water partition coefficient (Wildman–Crippen LogP) is 2.54. The van der Waals surface area contributed by atoms with E-state index in [-0.39, 0.29) is 0 Å². The van der Waals surface area contributed by atoms with Crippen LogP contribution in [0.25, 0.3) is 0 Å². The number of aromatic nitrogens is 2. The lowest BCUT2D eigenvalue weighted by atomic mass is 10.0. The van der Waals surface area contributed by atoms with Crippen LogP contribution in [-0.4, -0.2) is 28.1 Å². The first-order chi connectivity index (χ1) is 7.67. The van der Waals surface area contributed by atoms with E-state index in [1.54, 1.807) is 0 Å². The Morgan fingerprint density at radius 1 is 1.50 bits per heavy atom. The van der Waals surface area contributed by atoms with Crippen molar-refractivity contribution in [3.63, 3.8) is 0 Å². The fourth-order valence-electron chi connectivity index (χ4n) is 1.63. The number of aryl methyl sites for hydroxylation is 1. The van der Waals surface area contributed by atoms with Crippen molar-refractivity contribution in [1.82, 2.24) is 15.1 Å². The smallest absolute Gasteiger partial charge is 0.0625 e. The maximum absolute atomic E-state index is 4.18. The van der Waals surface area contributed by atoms with Crippen molar-refractivity contribution in [2.24, 2.45) is 13.0 Å². The van der Waals surface area contributed by atoms with Crippen molar-refractivity contribution in [2.75, 3.05) is 12.3 Å². The molecule has 0 saturated heterocycles. The van der Waals surface area contributed by atoms with Crippen molar-refractivity contribution >= 4 is 11.8 Å². The molecular weight excluding hydrogens is 218 g/mol. The molecule has 4 heteroatoms. The van der Waals surface area contributed by atoms with Gasteiger partial charge in [-0.3, -0.25) is 4.68 Å². The molecule has 0 aliphatic carbocycles. The minimum Gasteiger partial charge on any atom is -0.313 e. The molecule has 3 nitrogen and oxygen atoms in total. The SMILES string of the molecule is CCNC(CSc1cnn(C)c1)C(C)CC. The van der Waals surface area contributed by atoms with Gasteiger partial charge in [0.1, 0.15) is 0 Å². The standard InChI is InChI=1S/C12H23N3S/c1-5-10(3)12(13-6-2)9-16-11-7-14-15(4)8-11/h7-8,10,12-13H,5-6,9H2,1-4H3. The summed E-state index contributed by atoms with van der Waals surface area (Å²) in [5.41, 5.74) is 0. The van der Waals surface area contributed by atoms with Gasteiger partial charge >= 0.3 is 0 Å². The van der Waals surface area contributed by atoms with Crippen LogP contribution in [0.3, 0.4) is 0 Å². The minimum atomic E-state index is 0.597. The Balaban J connectivity index is 2.43. The Bertz CT molecular complexity index is 298. The van der Waals surface area contributed by atoms with Crippen LogP contribution in [0.2, 0.25) is 0 Å². The number of nitrogens with one attached hydrogen (secondary N) is 1. The first-order valence-electron chi connectivity index (χ1n) is 6.02. The Morgan fingerprint density at radius 3 is 2.75 bits per heavy atom. The molecule has 0 saturated carbocycles. The zero-order chi connectivity index (χ0) is 12.0. The number of thioether (sulfide) groups is 1. The molecule has 0 aliphatic heterocycles. The van der Waals surface area contributed by atoms with Gasteiger partial charge in [0.15, 0.2) is 0 Å². The second-order valence-electron chi connectivity index (χ2n) is 4.21. The summed E-state index contributed by atoms with van der Waals surface area (Å²) < 4.78 is 1.85. The molecule has 1 heterocycles. The second-order valence-corrected chi connectivity index (χ2v) is 5.30. The minimum absolute atomic E-state index is 0.597. The first kappa shape index (κ1) is 13.6. The highest BCUT2D eigenvalue weighted by Crippen LogP contribution is 2.20. The van der Waals surface area contributed by atoms with Crippen molar-refractivity contribution in [2.45, 2.75) is 38.1 Å². The van der Waals surface area contributed by atoms with Gasteiger partial charge in [0.25, 0.3) is 0 Å². The van der Waals surface area contributed by atoms with Crippen molar-refractivity contribution in [3.05, 3.63) is 12.4 Å². The van der Waals surface area contributed by atoms with E-state index in [1.165, 1.54) is 11.3 Å². The molecule has 1 aromatic heterocycles. The normalized spacial score (nSPS) is 15.0. The van der Waals surface area contributed by atoms with E-state index in [9.17, 15) is 0 Å². The average Bonchev–Trinajstić information content (AvgIpc) is 2.69. The van der Waals surface area contributed by atoms with Gasteiger partial charge in [0, 0.05) is 29.9 Å². The molecule has 0 fully saturated rings. The van der Waals surface area contributed by atoms with E-state index >= 15 is 0 Å². The van der Waals surface area contributed by atoms with Crippen LogP contribution in [0.4, 0.5) is 0 Å². The van der Waals surface area contributed by atoms with Gasteiger partial charge < -0.3 is 5.32 Å². The van der Waals surface area contributed by atoms with E-state index in [0.29, 0.717) is 6.04 Å². The molecule has 1 N–H and O–H groups in total. The third kappa shape index (κ3) is 4.18. The molecule has 0 amide bonds. The van der Waals surface area contributed by atoms with Crippen molar-refractivity contribution in [1.29, 1.82) is 0 Å². The third-order valence-electron chi connectivity index (χ3n) is 2.91. The van der Waals surface area contributed by atoms with Crippen molar-refractivity contribution < 1.29 is 0 Å². The molecule has 2 unspecified atom stereocenters. The second kappa shape index (κ2) is 6.97. The highest BCUT2D eigenvalue weighted by molar-refractivity contribution is 7.99. The summed E-state index contributed by atoms with van der Waals surface area (Å²) in [4.78, 5) is 1.26. The molecular formula is C12H23N3S. The zero-order valence-electron chi connectivity index (χ0n) is 10.7. The molecule has 16 heavy (non-hydrogen) atoms.